The number of carbonyl (C=O) groups excluding carboxylic acids is 3. The van der Waals surface area contributed by atoms with Gasteiger partial charge in [0.2, 0.25) is 5.91 Å². The molecule has 1 fully saturated rings. The average molecular weight is 368 g/mol. The maximum atomic E-state index is 12.0. The molecule has 1 aliphatic heterocycles. The lowest BCUT2D eigenvalue weighted by Gasteiger charge is -2.16. The number of amides is 2. The van der Waals surface area contributed by atoms with Gasteiger partial charge in [-0.25, -0.2) is 4.79 Å². The number of rotatable bonds is 6. The molecule has 1 aromatic carbocycles. The first-order chi connectivity index (χ1) is 13.0. The lowest BCUT2D eigenvalue weighted by Crippen LogP contribution is -2.24. The van der Waals surface area contributed by atoms with Gasteiger partial charge in [-0.1, -0.05) is 6.07 Å². The van der Waals surface area contributed by atoms with Crippen molar-refractivity contribution in [3.05, 3.63) is 54.0 Å². The van der Waals surface area contributed by atoms with Crippen LogP contribution in [0.2, 0.25) is 0 Å². The van der Waals surface area contributed by atoms with Crippen LogP contribution in [0.5, 0.6) is 0 Å². The minimum Gasteiger partial charge on any atom is -0.462 e. The van der Waals surface area contributed by atoms with Crippen molar-refractivity contribution in [2.45, 2.75) is 19.8 Å². The Morgan fingerprint density at radius 1 is 1.30 bits per heavy atom. The van der Waals surface area contributed by atoms with Gasteiger partial charge in [-0.05, 0) is 49.8 Å². The van der Waals surface area contributed by atoms with Gasteiger partial charge in [0.05, 0.1) is 0 Å². The molecule has 2 aromatic rings. The standard InChI is InChI=1S/C20H20N2O5/c1-14-7-8-17(27-14)9-10-20(25)26-13-18(23)21-15-4-2-5-16(12-15)22-11-3-6-19(22)24/h2,4-5,7-10,12H,3,6,11,13H2,1H3,(H,21,23)/b10-9+. The zero-order valence-electron chi connectivity index (χ0n) is 14.9. The molecule has 1 aliphatic rings. The van der Waals surface area contributed by atoms with E-state index in [1.54, 1.807) is 42.2 Å². The van der Waals surface area contributed by atoms with Crippen LogP contribution >= 0.6 is 0 Å². The summed E-state index contributed by atoms with van der Waals surface area (Å²) in [4.78, 5) is 37.2. The Bertz CT molecular complexity index is 884. The molecule has 0 radical (unpaired) electrons. The highest BCUT2D eigenvalue weighted by Gasteiger charge is 2.21. The van der Waals surface area contributed by atoms with E-state index in [9.17, 15) is 14.4 Å². The molecule has 27 heavy (non-hydrogen) atoms. The number of carbonyl (C=O) groups is 3. The largest absolute Gasteiger partial charge is 0.462 e. The molecule has 1 saturated heterocycles. The Morgan fingerprint density at radius 2 is 2.15 bits per heavy atom. The molecule has 1 N–H and O–H groups in total. The molecule has 0 bridgehead atoms. The monoisotopic (exact) mass is 368 g/mol. The summed E-state index contributed by atoms with van der Waals surface area (Å²) in [5.74, 6) is 0.236. The molecular weight excluding hydrogens is 348 g/mol. The van der Waals surface area contributed by atoms with Crippen LogP contribution in [0.1, 0.15) is 24.4 Å². The third kappa shape index (κ3) is 5.07. The zero-order chi connectivity index (χ0) is 19.2. The molecule has 7 heteroatoms. The van der Waals surface area contributed by atoms with Gasteiger partial charge < -0.3 is 19.4 Å². The van der Waals surface area contributed by atoms with Crippen molar-refractivity contribution in [1.82, 2.24) is 0 Å². The number of nitrogens with one attached hydrogen (secondary N) is 1. The first-order valence-corrected chi connectivity index (χ1v) is 8.63. The highest BCUT2D eigenvalue weighted by molar-refractivity contribution is 5.97. The number of nitrogens with zero attached hydrogens (tertiary/aromatic N) is 1. The third-order valence-electron chi connectivity index (χ3n) is 4.01. The fraction of sp³-hybridized carbons (Fsp3) is 0.250. The first kappa shape index (κ1) is 18.4. The van der Waals surface area contributed by atoms with E-state index in [4.69, 9.17) is 9.15 Å². The Kier molecular flexibility index (Phi) is 5.71. The normalized spacial score (nSPS) is 14.0. The van der Waals surface area contributed by atoms with E-state index in [1.165, 1.54) is 12.2 Å². The van der Waals surface area contributed by atoms with Crippen molar-refractivity contribution in [1.29, 1.82) is 0 Å². The summed E-state index contributed by atoms with van der Waals surface area (Å²) >= 11 is 0. The van der Waals surface area contributed by atoms with Crippen molar-refractivity contribution >= 4 is 35.2 Å². The van der Waals surface area contributed by atoms with Crippen molar-refractivity contribution in [2.24, 2.45) is 0 Å². The highest BCUT2D eigenvalue weighted by atomic mass is 16.5. The van der Waals surface area contributed by atoms with Gasteiger partial charge in [0, 0.05) is 30.4 Å². The van der Waals surface area contributed by atoms with E-state index in [-0.39, 0.29) is 5.91 Å². The van der Waals surface area contributed by atoms with Gasteiger partial charge in [0.15, 0.2) is 6.61 Å². The number of hydrogen-bond acceptors (Lipinski definition) is 5. The SMILES string of the molecule is Cc1ccc(/C=C/C(=O)OCC(=O)Nc2cccc(N3CCCC3=O)c2)o1. The quantitative estimate of drug-likeness (QED) is 0.626. The lowest BCUT2D eigenvalue weighted by atomic mass is 10.2. The second-order valence-corrected chi connectivity index (χ2v) is 6.14. The van der Waals surface area contributed by atoms with Crippen LogP contribution in [0, 0.1) is 6.92 Å². The van der Waals surface area contributed by atoms with Gasteiger partial charge in [-0.2, -0.15) is 0 Å². The first-order valence-electron chi connectivity index (χ1n) is 8.63. The molecular formula is C20H20N2O5. The fourth-order valence-corrected chi connectivity index (χ4v) is 2.75. The highest BCUT2D eigenvalue weighted by Crippen LogP contribution is 2.24. The molecule has 140 valence electrons. The van der Waals surface area contributed by atoms with E-state index in [2.05, 4.69) is 5.32 Å². The summed E-state index contributed by atoms with van der Waals surface area (Å²) in [5, 5.41) is 2.66. The number of benzene rings is 1. The molecule has 0 unspecified atom stereocenters. The number of anilines is 2. The minimum atomic E-state index is -0.643. The van der Waals surface area contributed by atoms with Gasteiger partial charge in [0.1, 0.15) is 11.5 Å². The van der Waals surface area contributed by atoms with Crippen LogP contribution in [0.3, 0.4) is 0 Å². The Hall–Kier alpha value is -3.35. The lowest BCUT2D eigenvalue weighted by molar-refractivity contribution is -0.142. The maximum Gasteiger partial charge on any atom is 0.331 e. The summed E-state index contributed by atoms with van der Waals surface area (Å²) in [7, 11) is 0. The second kappa shape index (κ2) is 8.35. The maximum absolute atomic E-state index is 12.0. The van der Waals surface area contributed by atoms with Crippen LogP contribution in [-0.4, -0.2) is 30.9 Å². The van der Waals surface area contributed by atoms with Crippen LogP contribution in [-0.2, 0) is 19.1 Å². The van der Waals surface area contributed by atoms with Crippen molar-refractivity contribution in [3.63, 3.8) is 0 Å². The third-order valence-corrected chi connectivity index (χ3v) is 4.01. The predicted octanol–water partition coefficient (Wildman–Crippen LogP) is 2.91. The molecule has 2 amide bonds. The Morgan fingerprint density at radius 3 is 2.85 bits per heavy atom. The molecule has 2 heterocycles. The molecule has 0 spiro atoms. The Labute approximate surface area is 156 Å². The van der Waals surface area contributed by atoms with Crippen LogP contribution in [0.4, 0.5) is 11.4 Å². The summed E-state index contributed by atoms with van der Waals surface area (Å²) in [6.07, 6.45) is 4.04. The van der Waals surface area contributed by atoms with E-state index in [1.807, 2.05) is 6.07 Å². The molecule has 0 saturated carbocycles. The molecule has 0 atom stereocenters. The summed E-state index contributed by atoms with van der Waals surface area (Å²) in [6, 6.07) is 10.5. The average Bonchev–Trinajstić information content (AvgIpc) is 3.26. The van der Waals surface area contributed by atoms with E-state index in [0.717, 1.165) is 17.9 Å². The van der Waals surface area contributed by atoms with Gasteiger partial charge >= 0.3 is 5.97 Å². The van der Waals surface area contributed by atoms with E-state index >= 15 is 0 Å². The van der Waals surface area contributed by atoms with Crippen molar-refractivity contribution in [3.8, 4) is 0 Å². The Balaban J connectivity index is 1.50. The van der Waals surface area contributed by atoms with Crippen molar-refractivity contribution in [2.75, 3.05) is 23.4 Å². The van der Waals surface area contributed by atoms with Gasteiger partial charge in [-0.3, -0.25) is 9.59 Å². The zero-order valence-corrected chi connectivity index (χ0v) is 14.9. The number of aryl methyl sites for hydroxylation is 1. The van der Waals surface area contributed by atoms with E-state index in [0.29, 0.717) is 24.4 Å². The number of esters is 1. The molecule has 0 aliphatic carbocycles. The fourth-order valence-electron chi connectivity index (χ4n) is 2.75. The molecule has 3 rings (SSSR count). The van der Waals surface area contributed by atoms with Crippen LogP contribution in [0.15, 0.2) is 46.9 Å². The minimum absolute atomic E-state index is 0.0749. The van der Waals surface area contributed by atoms with Crippen molar-refractivity contribution < 1.29 is 23.5 Å². The smallest absolute Gasteiger partial charge is 0.331 e. The molecule has 7 nitrogen and oxygen atoms in total. The second-order valence-electron chi connectivity index (χ2n) is 6.14. The number of furan rings is 1. The molecule has 1 aromatic heterocycles. The summed E-state index contributed by atoms with van der Waals surface area (Å²) in [6.45, 7) is 2.07. The van der Waals surface area contributed by atoms with Gasteiger partial charge in [0.25, 0.3) is 5.91 Å². The van der Waals surface area contributed by atoms with Crippen LogP contribution in [0.25, 0.3) is 6.08 Å². The summed E-state index contributed by atoms with van der Waals surface area (Å²) in [5.41, 5.74) is 1.28. The predicted molar refractivity (Wildman–Crippen MR) is 100 cm³/mol. The number of ether oxygens (including phenoxy) is 1. The van der Waals surface area contributed by atoms with Gasteiger partial charge in [-0.15, -0.1) is 0 Å². The van der Waals surface area contributed by atoms with Crippen LogP contribution < -0.4 is 10.2 Å². The van der Waals surface area contributed by atoms with E-state index < -0.39 is 18.5 Å². The summed E-state index contributed by atoms with van der Waals surface area (Å²) < 4.78 is 10.2. The topological polar surface area (TPSA) is 88.9 Å². The number of hydrogen-bond donors (Lipinski definition) is 1.